The number of aromatic nitrogens is 1. The highest BCUT2D eigenvalue weighted by Gasteiger charge is 2.12. The van der Waals surface area contributed by atoms with Crippen molar-refractivity contribution in [3.8, 4) is 0 Å². The smallest absolute Gasteiger partial charge is 0.152 e. The largest absolute Gasteiger partial charge is 0.396 e. The van der Waals surface area contributed by atoms with E-state index in [4.69, 9.17) is 5.73 Å². The number of pyridine rings is 1. The summed E-state index contributed by atoms with van der Waals surface area (Å²) in [7, 11) is 0. The van der Waals surface area contributed by atoms with Crippen LogP contribution in [0.15, 0.2) is 79.0 Å². The normalized spacial score (nSPS) is 10.4. The Morgan fingerprint density at radius 2 is 1.27 bits per heavy atom. The fourth-order valence-corrected chi connectivity index (χ4v) is 2.49. The van der Waals surface area contributed by atoms with Gasteiger partial charge in [0, 0.05) is 19.3 Å². The zero-order valence-electron chi connectivity index (χ0n) is 12.4. The molecule has 0 saturated heterocycles. The molecule has 1 heterocycles. The molecule has 2 N–H and O–H groups in total. The first-order valence-electron chi connectivity index (χ1n) is 7.36. The molecule has 2 aromatic carbocycles. The molecule has 0 amide bonds. The first-order valence-corrected chi connectivity index (χ1v) is 7.36. The highest BCUT2D eigenvalue weighted by molar-refractivity contribution is 5.62. The lowest BCUT2D eigenvalue weighted by atomic mass is 10.1. The van der Waals surface area contributed by atoms with Crippen molar-refractivity contribution >= 4 is 11.5 Å². The topological polar surface area (TPSA) is 42.1 Å². The summed E-state index contributed by atoms with van der Waals surface area (Å²) in [5, 5.41) is 0. The van der Waals surface area contributed by atoms with Crippen LogP contribution < -0.4 is 10.6 Å². The Bertz CT molecular complexity index is 670. The Hall–Kier alpha value is -2.81. The highest BCUT2D eigenvalue weighted by Crippen LogP contribution is 2.23. The number of nitrogens with two attached hydrogens (primary N) is 1. The van der Waals surface area contributed by atoms with Gasteiger partial charge in [-0.1, -0.05) is 60.7 Å². The molecule has 3 aromatic rings. The molecule has 0 fully saturated rings. The number of hydrogen-bond donors (Lipinski definition) is 1. The summed E-state index contributed by atoms with van der Waals surface area (Å²) >= 11 is 0. The Kier molecular flexibility index (Phi) is 4.35. The third-order valence-electron chi connectivity index (χ3n) is 3.55. The second-order valence-corrected chi connectivity index (χ2v) is 5.24. The number of hydrogen-bond acceptors (Lipinski definition) is 3. The van der Waals surface area contributed by atoms with Gasteiger partial charge in [0.2, 0.25) is 0 Å². The van der Waals surface area contributed by atoms with E-state index in [9.17, 15) is 0 Å². The lowest BCUT2D eigenvalue weighted by Crippen LogP contribution is -2.24. The maximum atomic E-state index is 6.12. The van der Waals surface area contributed by atoms with Gasteiger partial charge in [0.05, 0.1) is 5.69 Å². The molecule has 1 aromatic heterocycles. The number of nitrogen functional groups attached to an aromatic ring is 1. The molecule has 0 atom stereocenters. The number of nitrogens with zero attached hydrogens (tertiary/aromatic N) is 2. The van der Waals surface area contributed by atoms with E-state index in [1.165, 1.54) is 11.1 Å². The summed E-state index contributed by atoms with van der Waals surface area (Å²) in [6, 6.07) is 24.5. The maximum absolute atomic E-state index is 6.12. The molecule has 0 saturated carbocycles. The molecule has 3 nitrogen and oxygen atoms in total. The monoisotopic (exact) mass is 289 g/mol. The van der Waals surface area contributed by atoms with Crippen molar-refractivity contribution in [2.75, 3.05) is 10.6 Å². The Morgan fingerprint density at radius 3 is 1.77 bits per heavy atom. The third kappa shape index (κ3) is 3.44. The average Bonchev–Trinajstić information content (AvgIpc) is 2.57. The lowest BCUT2D eigenvalue weighted by Gasteiger charge is -2.25. The van der Waals surface area contributed by atoms with Gasteiger partial charge in [0.1, 0.15) is 0 Å². The molecule has 0 aliphatic rings. The summed E-state index contributed by atoms with van der Waals surface area (Å²) in [6.45, 7) is 1.55. The molecule has 0 spiro atoms. The highest BCUT2D eigenvalue weighted by atomic mass is 15.2. The van der Waals surface area contributed by atoms with E-state index in [2.05, 4.69) is 58.4 Å². The van der Waals surface area contributed by atoms with Gasteiger partial charge in [0.25, 0.3) is 0 Å². The molecule has 22 heavy (non-hydrogen) atoms. The number of benzene rings is 2. The number of anilines is 2. The minimum absolute atomic E-state index is 0.703. The van der Waals surface area contributed by atoms with Gasteiger partial charge in [-0.3, -0.25) is 0 Å². The van der Waals surface area contributed by atoms with Crippen molar-refractivity contribution < 1.29 is 0 Å². The van der Waals surface area contributed by atoms with Gasteiger partial charge in [-0.25, -0.2) is 4.98 Å². The summed E-state index contributed by atoms with van der Waals surface area (Å²) in [6.07, 6.45) is 1.79. The first kappa shape index (κ1) is 14.1. The van der Waals surface area contributed by atoms with Crippen molar-refractivity contribution in [3.05, 3.63) is 90.1 Å². The van der Waals surface area contributed by atoms with E-state index in [1.54, 1.807) is 6.20 Å². The minimum atomic E-state index is 0.703. The Labute approximate surface area is 131 Å². The van der Waals surface area contributed by atoms with Crippen LogP contribution in [0, 0.1) is 0 Å². The van der Waals surface area contributed by atoms with E-state index in [-0.39, 0.29) is 0 Å². The third-order valence-corrected chi connectivity index (χ3v) is 3.55. The van der Waals surface area contributed by atoms with E-state index >= 15 is 0 Å². The quantitative estimate of drug-likeness (QED) is 0.775. The molecule has 110 valence electrons. The molecular weight excluding hydrogens is 270 g/mol. The molecule has 3 heteroatoms. The van der Waals surface area contributed by atoms with Crippen molar-refractivity contribution in [1.29, 1.82) is 0 Å². The fourth-order valence-electron chi connectivity index (χ4n) is 2.49. The lowest BCUT2D eigenvalue weighted by molar-refractivity contribution is 0.785. The second-order valence-electron chi connectivity index (χ2n) is 5.24. The molecule has 0 aliphatic heterocycles. The molecule has 3 rings (SSSR count). The van der Waals surface area contributed by atoms with Crippen LogP contribution in [0.4, 0.5) is 11.5 Å². The molecule has 0 unspecified atom stereocenters. The molecule has 0 radical (unpaired) electrons. The van der Waals surface area contributed by atoms with E-state index in [0.29, 0.717) is 5.69 Å². The minimum Gasteiger partial charge on any atom is -0.396 e. The van der Waals surface area contributed by atoms with Crippen molar-refractivity contribution in [2.45, 2.75) is 13.1 Å². The van der Waals surface area contributed by atoms with Gasteiger partial charge in [-0.15, -0.1) is 0 Å². The van der Waals surface area contributed by atoms with E-state index < -0.39 is 0 Å². The second kappa shape index (κ2) is 6.76. The predicted molar refractivity (Wildman–Crippen MR) is 91.4 cm³/mol. The van der Waals surface area contributed by atoms with Crippen LogP contribution in [-0.2, 0) is 13.1 Å². The zero-order chi connectivity index (χ0) is 15.2. The van der Waals surface area contributed by atoms with Gasteiger partial charge in [-0.2, -0.15) is 0 Å². The van der Waals surface area contributed by atoms with Crippen LogP contribution >= 0.6 is 0 Å². The van der Waals surface area contributed by atoms with Gasteiger partial charge < -0.3 is 10.6 Å². The Morgan fingerprint density at radius 1 is 0.727 bits per heavy atom. The molecule has 0 aliphatic carbocycles. The van der Waals surface area contributed by atoms with Crippen LogP contribution in [0.3, 0.4) is 0 Å². The van der Waals surface area contributed by atoms with E-state index in [1.807, 2.05) is 24.3 Å². The molecular formula is C19H19N3. The standard InChI is InChI=1S/C19H19N3/c20-18-12-7-13-21-19(18)22(14-16-8-3-1-4-9-16)15-17-10-5-2-6-11-17/h1-13H,14-15,20H2. The van der Waals surface area contributed by atoms with Crippen LogP contribution in [0.5, 0.6) is 0 Å². The van der Waals surface area contributed by atoms with Crippen LogP contribution in [-0.4, -0.2) is 4.98 Å². The van der Waals surface area contributed by atoms with Gasteiger partial charge in [0.15, 0.2) is 5.82 Å². The predicted octanol–water partition coefficient (Wildman–Crippen LogP) is 3.87. The van der Waals surface area contributed by atoms with Crippen molar-refractivity contribution in [3.63, 3.8) is 0 Å². The van der Waals surface area contributed by atoms with Gasteiger partial charge in [-0.05, 0) is 23.3 Å². The number of rotatable bonds is 5. The average molecular weight is 289 g/mol. The molecule has 0 bridgehead atoms. The Balaban J connectivity index is 1.90. The summed E-state index contributed by atoms with van der Waals surface area (Å²) in [5.41, 5.74) is 9.31. The van der Waals surface area contributed by atoms with Crippen molar-refractivity contribution in [2.24, 2.45) is 0 Å². The van der Waals surface area contributed by atoms with E-state index in [0.717, 1.165) is 18.9 Å². The fraction of sp³-hybridized carbons (Fsp3) is 0.105. The zero-order valence-corrected chi connectivity index (χ0v) is 12.4. The first-order chi connectivity index (χ1) is 10.8. The summed E-state index contributed by atoms with van der Waals surface area (Å²) in [5.74, 6) is 0.829. The van der Waals surface area contributed by atoms with Gasteiger partial charge >= 0.3 is 0 Å². The summed E-state index contributed by atoms with van der Waals surface area (Å²) in [4.78, 5) is 6.68. The summed E-state index contributed by atoms with van der Waals surface area (Å²) < 4.78 is 0. The van der Waals surface area contributed by atoms with Crippen LogP contribution in [0.25, 0.3) is 0 Å². The van der Waals surface area contributed by atoms with Crippen LogP contribution in [0.2, 0.25) is 0 Å². The van der Waals surface area contributed by atoms with Crippen LogP contribution in [0.1, 0.15) is 11.1 Å². The van der Waals surface area contributed by atoms with Crippen molar-refractivity contribution in [1.82, 2.24) is 4.98 Å². The maximum Gasteiger partial charge on any atom is 0.152 e. The SMILES string of the molecule is Nc1cccnc1N(Cc1ccccc1)Cc1ccccc1.